The van der Waals surface area contributed by atoms with Gasteiger partial charge in [0, 0.05) is 18.5 Å². The summed E-state index contributed by atoms with van der Waals surface area (Å²) in [6, 6.07) is 18.4. The molecule has 0 aliphatic rings. The van der Waals surface area contributed by atoms with Crippen LogP contribution in [0, 0.1) is 5.82 Å². The lowest BCUT2D eigenvalue weighted by molar-refractivity contribution is -0.119. The fraction of sp³-hybridized carbons (Fsp3) is 0.143. The summed E-state index contributed by atoms with van der Waals surface area (Å²) in [5, 5.41) is 3.56. The van der Waals surface area contributed by atoms with Crippen molar-refractivity contribution < 1.29 is 17.6 Å². The van der Waals surface area contributed by atoms with Crippen molar-refractivity contribution in [2.45, 2.75) is 9.92 Å². The Balaban J connectivity index is 1.69. The van der Waals surface area contributed by atoms with Gasteiger partial charge in [-0.05, 0) is 48.5 Å². The predicted octanol–water partition coefficient (Wildman–Crippen LogP) is 3.32. The number of rotatable bonds is 9. The zero-order chi connectivity index (χ0) is 21.4. The maximum Gasteiger partial charge on any atom is 0.264 e. The second-order valence-electron chi connectivity index (χ2n) is 6.17. The van der Waals surface area contributed by atoms with Crippen LogP contribution in [0.5, 0.6) is 0 Å². The number of nitrogens with zero attached hydrogens (tertiary/aromatic N) is 2. The summed E-state index contributed by atoms with van der Waals surface area (Å²) in [5.74, 6) is -0.364. The molecule has 6 nitrogen and oxygen atoms in total. The molecule has 0 atom stereocenters. The molecule has 0 bridgehead atoms. The van der Waals surface area contributed by atoms with E-state index in [0.29, 0.717) is 12.3 Å². The molecule has 9 heteroatoms. The summed E-state index contributed by atoms with van der Waals surface area (Å²) in [7, 11) is -4.00. The van der Waals surface area contributed by atoms with E-state index in [4.69, 9.17) is 0 Å². The highest BCUT2D eigenvalue weighted by Crippen LogP contribution is 2.23. The summed E-state index contributed by atoms with van der Waals surface area (Å²) in [6.45, 7) is -0.0696. The Bertz CT molecular complexity index is 1060. The van der Waals surface area contributed by atoms with Gasteiger partial charge in [0.2, 0.25) is 5.91 Å². The van der Waals surface area contributed by atoms with Gasteiger partial charge in [0.1, 0.15) is 12.4 Å². The van der Waals surface area contributed by atoms with Gasteiger partial charge in [0.15, 0.2) is 0 Å². The molecule has 1 aromatic heterocycles. The second-order valence-corrected chi connectivity index (χ2v) is 9.15. The number of amides is 1. The van der Waals surface area contributed by atoms with Gasteiger partial charge < -0.3 is 5.32 Å². The highest BCUT2D eigenvalue weighted by molar-refractivity contribution is 7.99. The summed E-state index contributed by atoms with van der Waals surface area (Å²) in [4.78, 5) is 16.7. The largest absolute Gasteiger partial charge is 0.354 e. The molecule has 0 aliphatic carbocycles. The molecule has 0 saturated carbocycles. The molecule has 0 spiro atoms. The number of anilines is 1. The van der Waals surface area contributed by atoms with Crippen molar-refractivity contribution in [3.8, 4) is 0 Å². The van der Waals surface area contributed by atoms with Crippen LogP contribution in [0.1, 0.15) is 0 Å². The van der Waals surface area contributed by atoms with E-state index in [1.165, 1.54) is 36.0 Å². The van der Waals surface area contributed by atoms with Gasteiger partial charge in [-0.15, -0.1) is 11.8 Å². The number of hydrogen-bond donors (Lipinski definition) is 1. The van der Waals surface area contributed by atoms with Crippen LogP contribution in [0.2, 0.25) is 0 Å². The van der Waals surface area contributed by atoms with Crippen LogP contribution in [0.4, 0.5) is 10.1 Å². The molecule has 0 aliphatic heterocycles. The Kier molecular flexibility index (Phi) is 7.42. The van der Waals surface area contributed by atoms with Crippen molar-refractivity contribution in [3.05, 3.63) is 84.8 Å². The van der Waals surface area contributed by atoms with E-state index < -0.39 is 28.3 Å². The molecular formula is C21H20FN3O3S2. The highest BCUT2D eigenvalue weighted by Gasteiger charge is 2.27. The van der Waals surface area contributed by atoms with Crippen LogP contribution < -0.4 is 9.62 Å². The fourth-order valence-corrected chi connectivity index (χ4v) is 4.77. The molecule has 0 saturated heterocycles. The van der Waals surface area contributed by atoms with Crippen LogP contribution in [-0.2, 0) is 14.8 Å². The van der Waals surface area contributed by atoms with Crippen LogP contribution in [0.15, 0.2) is 88.9 Å². The lowest BCUT2D eigenvalue weighted by Gasteiger charge is -2.24. The Morgan fingerprint density at radius 1 is 1.00 bits per heavy atom. The molecule has 0 fully saturated rings. The molecule has 1 N–H and O–H groups in total. The van der Waals surface area contributed by atoms with E-state index in [9.17, 15) is 17.6 Å². The molecule has 30 heavy (non-hydrogen) atoms. The van der Waals surface area contributed by atoms with Crippen LogP contribution in [0.25, 0.3) is 0 Å². The minimum absolute atomic E-state index is 0.0489. The van der Waals surface area contributed by atoms with E-state index in [-0.39, 0.29) is 10.6 Å². The molecule has 3 rings (SSSR count). The lowest BCUT2D eigenvalue weighted by Crippen LogP contribution is -2.41. The molecule has 1 heterocycles. The number of benzene rings is 2. The maximum atomic E-state index is 13.3. The SMILES string of the molecule is O=C(CN(c1ccc(F)cc1)S(=O)(=O)c1ccccc1)NCCSc1ccccn1. The average molecular weight is 446 g/mol. The second kappa shape index (κ2) is 10.2. The monoisotopic (exact) mass is 445 g/mol. The smallest absolute Gasteiger partial charge is 0.264 e. The summed E-state index contributed by atoms with van der Waals surface area (Å²) < 4.78 is 40.5. The first-order valence-corrected chi connectivity index (χ1v) is 11.5. The lowest BCUT2D eigenvalue weighted by atomic mass is 10.3. The molecule has 0 unspecified atom stereocenters. The van der Waals surface area contributed by atoms with Crippen LogP contribution in [-0.4, -0.2) is 38.2 Å². The standard InChI is InChI=1S/C21H20FN3O3S2/c22-17-9-11-18(12-10-17)25(30(27,28)19-6-2-1-3-7-19)16-20(26)23-14-15-29-21-8-4-5-13-24-21/h1-13H,14-16H2,(H,23,26). The third-order valence-corrected chi connectivity index (χ3v) is 6.78. The van der Waals surface area contributed by atoms with Crippen molar-refractivity contribution >= 4 is 33.4 Å². The number of sulfonamides is 1. The maximum absolute atomic E-state index is 13.3. The zero-order valence-corrected chi connectivity index (χ0v) is 17.6. The van der Waals surface area contributed by atoms with Crippen molar-refractivity contribution in [1.29, 1.82) is 0 Å². The molecule has 2 aromatic carbocycles. The number of hydrogen-bond acceptors (Lipinski definition) is 5. The molecule has 1 amide bonds. The van der Waals surface area contributed by atoms with E-state index in [2.05, 4.69) is 10.3 Å². The van der Waals surface area contributed by atoms with E-state index >= 15 is 0 Å². The Morgan fingerprint density at radius 3 is 2.37 bits per heavy atom. The van der Waals surface area contributed by atoms with Gasteiger partial charge in [0.25, 0.3) is 10.0 Å². The first-order valence-electron chi connectivity index (χ1n) is 9.11. The van der Waals surface area contributed by atoms with Crippen molar-refractivity contribution in [1.82, 2.24) is 10.3 Å². The van der Waals surface area contributed by atoms with E-state index in [1.54, 1.807) is 24.4 Å². The van der Waals surface area contributed by atoms with Gasteiger partial charge in [-0.2, -0.15) is 0 Å². The molecule has 0 radical (unpaired) electrons. The van der Waals surface area contributed by atoms with Gasteiger partial charge in [0.05, 0.1) is 15.6 Å². The fourth-order valence-electron chi connectivity index (χ4n) is 2.61. The molecular weight excluding hydrogens is 425 g/mol. The number of thioether (sulfide) groups is 1. The number of aromatic nitrogens is 1. The number of pyridine rings is 1. The quantitative estimate of drug-likeness (QED) is 0.404. The first kappa shape index (κ1) is 21.8. The Morgan fingerprint density at radius 2 is 1.70 bits per heavy atom. The molecule has 156 valence electrons. The van der Waals surface area contributed by atoms with Gasteiger partial charge in [-0.25, -0.2) is 17.8 Å². The Labute approximate surface area is 179 Å². The number of nitrogens with one attached hydrogen (secondary N) is 1. The summed E-state index contributed by atoms with van der Waals surface area (Å²) in [5.41, 5.74) is 0.207. The average Bonchev–Trinajstić information content (AvgIpc) is 2.77. The third-order valence-electron chi connectivity index (χ3n) is 4.04. The first-order chi connectivity index (χ1) is 14.5. The predicted molar refractivity (Wildman–Crippen MR) is 115 cm³/mol. The normalized spacial score (nSPS) is 11.1. The molecule has 3 aromatic rings. The van der Waals surface area contributed by atoms with Gasteiger partial charge in [-0.1, -0.05) is 24.3 Å². The van der Waals surface area contributed by atoms with Gasteiger partial charge in [-0.3, -0.25) is 9.10 Å². The van der Waals surface area contributed by atoms with Crippen molar-refractivity contribution in [3.63, 3.8) is 0 Å². The summed E-state index contributed by atoms with van der Waals surface area (Å²) >= 11 is 1.48. The van der Waals surface area contributed by atoms with Crippen LogP contribution >= 0.6 is 11.8 Å². The Hall–Kier alpha value is -2.91. The number of carbonyl (C=O) groups excluding carboxylic acids is 1. The van der Waals surface area contributed by atoms with E-state index in [0.717, 1.165) is 21.5 Å². The van der Waals surface area contributed by atoms with Gasteiger partial charge >= 0.3 is 0 Å². The number of carbonyl (C=O) groups is 1. The van der Waals surface area contributed by atoms with Crippen molar-refractivity contribution in [2.75, 3.05) is 23.1 Å². The minimum Gasteiger partial charge on any atom is -0.354 e. The van der Waals surface area contributed by atoms with Crippen molar-refractivity contribution in [2.24, 2.45) is 0 Å². The topological polar surface area (TPSA) is 79.4 Å². The van der Waals surface area contributed by atoms with Crippen LogP contribution in [0.3, 0.4) is 0 Å². The number of halogens is 1. The summed E-state index contributed by atoms with van der Waals surface area (Å²) in [6.07, 6.45) is 1.69. The third kappa shape index (κ3) is 5.80. The zero-order valence-electron chi connectivity index (χ0n) is 15.9. The highest BCUT2D eigenvalue weighted by atomic mass is 32.2. The van der Waals surface area contributed by atoms with E-state index in [1.807, 2.05) is 18.2 Å². The minimum atomic E-state index is -4.00.